The number of fused-ring (bicyclic) bond motifs is 1. The molecule has 10 heteroatoms. The zero-order valence-electron chi connectivity index (χ0n) is 20.2. The number of rotatable bonds is 9. The first-order valence-electron chi connectivity index (χ1n) is 11.5. The second kappa shape index (κ2) is 10.9. The van der Waals surface area contributed by atoms with Gasteiger partial charge in [0.25, 0.3) is 0 Å². The summed E-state index contributed by atoms with van der Waals surface area (Å²) in [5.74, 6) is 1.15. The average Bonchev–Trinajstić information content (AvgIpc) is 3.30. The molecular formula is C25H28BrN5O4. The number of tetrazole rings is 1. The van der Waals surface area contributed by atoms with Crippen LogP contribution in [-0.4, -0.2) is 39.4 Å². The van der Waals surface area contributed by atoms with Gasteiger partial charge in [0.1, 0.15) is 12.6 Å². The smallest absolute Gasteiger partial charge is 0.338 e. The molecule has 0 amide bonds. The maximum atomic E-state index is 13.1. The van der Waals surface area contributed by atoms with Gasteiger partial charge >= 0.3 is 5.97 Å². The number of allylic oxidation sites excluding steroid dienone is 1. The van der Waals surface area contributed by atoms with Crippen LogP contribution in [0.25, 0.3) is 0 Å². The van der Waals surface area contributed by atoms with Crippen molar-refractivity contribution in [3.63, 3.8) is 0 Å². The fourth-order valence-electron chi connectivity index (χ4n) is 3.85. The van der Waals surface area contributed by atoms with E-state index in [9.17, 15) is 4.79 Å². The summed E-state index contributed by atoms with van der Waals surface area (Å²) in [5, 5.41) is 15.1. The van der Waals surface area contributed by atoms with Crippen molar-refractivity contribution in [3.8, 4) is 11.5 Å². The predicted molar refractivity (Wildman–Crippen MR) is 134 cm³/mol. The molecule has 3 aromatic rings. The lowest BCUT2D eigenvalue weighted by molar-refractivity contribution is -0.139. The summed E-state index contributed by atoms with van der Waals surface area (Å²) in [4.78, 5) is 13.1. The Kier molecular flexibility index (Phi) is 7.70. The maximum Gasteiger partial charge on any atom is 0.338 e. The molecule has 35 heavy (non-hydrogen) atoms. The molecule has 0 spiro atoms. The molecule has 1 unspecified atom stereocenters. The van der Waals surface area contributed by atoms with Crippen LogP contribution in [0.1, 0.15) is 49.9 Å². The molecule has 0 radical (unpaired) electrons. The molecule has 0 fully saturated rings. The molecule has 0 saturated carbocycles. The van der Waals surface area contributed by atoms with Crippen LogP contribution in [0.15, 0.2) is 52.1 Å². The van der Waals surface area contributed by atoms with E-state index in [0.29, 0.717) is 53.0 Å². The molecule has 2 heterocycles. The molecule has 0 saturated heterocycles. The third kappa shape index (κ3) is 5.32. The van der Waals surface area contributed by atoms with E-state index >= 15 is 0 Å². The van der Waals surface area contributed by atoms with Gasteiger partial charge in [-0.15, -0.1) is 0 Å². The predicted octanol–water partition coefficient (Wildman–Crippen LogP) is 4.96. The maximum absolute atomic E-state index is 13.1. The third-order valence-corrected chi connectivity index (χ3v) is 6.11. The van der Waals surface area contributed by atoms with Crippen molar-refractivity contribution in [3.05, 3.63) is 68.8 Å². The minimum atomic E-state index is -0.604. The second-order valence-electron chi connectivity index (χ2n) is 8.19. The Hall–Kier alpha value is -3.40. The van der Waals surface area contributed by atoms with Gasteiger partial charge in [-0.2, -0.15) is 4.68 Å². The van der Waals surface area contributed by atoms with E-state index in [4.69, 9.17) is 14.2 Å². The van der Waals surface area contributed by atoms with Gasteiger partial charge < -0.3 is 19.5 Å². The molecule has 9 nitrogen and oxygen atoms in total. The van der Waals surface area contributed by atoms with Crippen LogP contribution in [0.2, 0.25) is 0 Å². The van der Waals surface area contributed by atoms with Crippen molar-refractivity contribution < 1.29 is 19.0 Å². The number of halogens is 1. The van der Waals surface area contributed by atoms with E-state index in [1.165, 1.54) is 5.56 Å². The Morgan fingerprint density at radius 3 is 2.63 bits per heavy atom. The molecule has 4 rings (SSSR count). The van der Waals surface area contributed by atoms with E-state index < -0.39 is 12.0 Å². The number of esters is 1. The zero-order chi connectivity index (χ0) is 24.9. The minimum Gasteiger partial charge on any atom is -0.490 e. The number of anilines is 1. The van der Waals surface area contributed by atoms with Crippen LogP contribution in [0.3, 0.4) is 0 Å². The number of nitrogens with zero attached hydrogens (tertiary/aromatic N) is 4. The molecule has 1 N–H and O–H groups in total. The lowest BCUT2D eigenvalue weighted by atomic mass is 9.95. The normalized spacial score (nSPS) is 14.8. The van der Waals surface area contributed by atoms with Crippen molar-refractivity contribution in [1.29, 1.82) is 0 Å². The summed E-state index contributed by atoms with van der Waals surface area (Å²) in [7, 11) is 0. The lowest BCUT2D eigenvalue weighted by Gasteiger charge is -2.28. The highest BCUT2D eigenvalue weighted by atomic mass is 79.9. The fourth-order valence-corrected chi connectivity index (χ4v) is 4.42. The van der Waals surface area contributed by atoms with Gasteiger partial charge in [0.05, 0.1) is 23.3 Å². The van der Waals surface area contributed by atoms with Gasteiger partial charge in [0, 0.05) is 5.70 Å². The molecule has 0 bridgehead atoms. The largest absolute Gasteiger partial charge is 0.490 e. The van der Waals surface area contributed by atoms with Crippen molar-refractivity contribution >= 4 is 27.8 Å². The topological polar surface area (TPSA) is 100 Å². The molecule has 1 aromatic heterocycles. The van der Waals surface area contributed by atoms with Crippen LogP contribution in [0.4, 0.5) is 5.95 Å². The van der Waals surface area contributed by atoms with Crippen LogP contribution in [-0.2, 0) is 16.1 Å². The summed E-state index contributed by atoms with van der Waals surface area (Å²) in [6, 6.07) is 11.3. The highest BCUT2D eigenvalue weighted by Crippen LogP contribution is 2.43. The van der Waals surface area contributed by atoms with Crippen LogP contribution in [0.5, 0.6) is 11.5 Å². The third-order valence-electron chi connectivity index (χ3n) is 5.52. The van der Waals surface area contributed by atoms with Crippen molar-refractivity contribution in [2.24, 2.45) is 0 Å². The minimum absolute atomic E-state index is 0.324. The number of hydrogen-bond acceptors (Lipinski definition) is 8. The Balaban J connectivity index is 1.73. The summed E-state index contributed by atoms with van der Waals surface area (Å²) >= 11 is 3.65. The molecule has 1 atom stereocenters. The molecule has 1 aliphatic heterocycles. The van der Waals surface area contributed by atoms with Gasteiger partial charge in [-0.05, 0) is 76.8 Å². The van der Waals surface area contributed by atoms with Gasteiger partial charge in [-0.1, -0.05) is 41.9 Å². The highest BCUT2D eigenvalue weighted by Gasteiger charge is 2.36. The van der Waals surface area contributed by atoms with E-state index in [0.717, 1.165) is 17.5 Å². The zero-order valence-corrected chi connectivity index (χ0v) is 21.8. The summed E-state index contributed by atoms with van der Waals surface area (Å²) in [6.45, 7) is 8.87. The molecule has 0 aliphatic carbocycles. The molecule has 184 valence electrons. The van der Waals surface area contributed by atoms with Crippen LogP contribution < -0.4 is 14.8 Å². The van der Waals surface area contributed by atoms with Gasteiger partial charge in [0.2, 0.25) is 5.95 Å². The van der Waals surface area contributed by atoms with Crippen LogP contribution in [0, 0.1) is 6.92 Å². The number of carbonyl (C=O) groups excluding carboxylic acids is 1. The monoisotopic (exact) mass is 541 g/mol. The van der Waals surface area contributed by atoms with Crippen molar-refractivity contribution in [2.75, 3.05) is 18.5 Å². The number of aryl methyl sites for hydroxylation is 1. The van der Waals surface area contributed by atoms with Gasteiger partial charge in [-0.3, -0.25) is 0 Å². The number of benzene rings is 2. The summed E-state index contributed by atoms with van der Waals surface area (Å²) in [5.41, 5.74) is 4.05. The molecule has 1 aliphatic rings. The Labute approximate surface area is 212 Å². The Bertz CT molecular complexity index is 1240. The number of aromatic nitrogens is 4. The molecular weight excluding hydrogens is 514 g/mol. The van der Waals surface area contributed by atoms with Crippen LogP contribution >= 0.6 is 15.9 Å². The SMILES string of the molecule is CCCOC(=O)C1=C(C)Nc2nnnn2C1c1cc(Br)c(OCc2ccc(C)cc2)c(OCC)c1. The molecule has 2 aromatic carbocycles. The van der Waals surface area contributed by atoms with E-state index in [1.807, 2.05) is 52.0 Å². The fraction of sp³-hybridized carbons (Fsp3) is 0.360. The van der Waals surface area contributed by atoms with E-state index in [2.05, 4.69) is 48.9 Å². The first-order chi connectivity index (χ1) is 16.9. The van der Waals surface area contributed by atoms with Gasteiger partial charge in [0.15, 0.2) is 11.5 Å². The lowest BCUT2D eigenvalue weighted by Crippen LogP contribution is -2.30. The summed E-state index contributed by atoms with van der Waals surface area (Å²) in [6.07, 6.45) is 0.722. The first-order valence-corrected chi connectivity index (χ1v) is 12.3. The number of hydrogen-bond donors (Lipinski definition) is 1. The quantitative estimate of drug-likeness (QED) is 0.379. The van der Waals surface area contributed by atoms with Crippen molar-refractivity contribution in [2.45, 2.75) is 46.8 Å². The van der Waals surface area contributed by atoms with Gasteiger partial charge in [-0.25, -0.2) is 4.79 Å². The highest BCUT2D eigenvalue weighted by molar-refractivity contribution is 9.10. The van der Waals surface area contributed by atoms with Crippen molar-refractivity contribution in [1.82, 2.24) is 20.2 Å². The Morgan fingerprint density at radius 1 is 1.14 bits per heavy atom. The number of nitrogens with one attached hydrogen (secondary N) is 1. The first kappa shape index (κ1) is 24.7. The average molecular weight is 542 g/mol. The number of ether oxygens (including phenoxy) is 3. The van der Waals surface area contributed by atoms with E-state index in [-0.39, 0.29) is 0 Å². The summed E-state index contributed by atoms with van der Waals surface area (Å²) < 4.78 is 19.9. The second-order valence-corrected chi connectivity index (χ2v) is 9.04. The number of carbonyl (C=O) groups is 1. The van der Waals surface area contributed by atoms with E-state index in [1.54, 1.807) is 4.68 Å². The Morgan fingerprint density at radius 2 is 1.91 bits per heavy atom. The standard InChI is InChI=1S/C25H28BrN5O4/c1-5-11-34-24(32)21-16(4)27-25-28-29-30-31(25)22(21)18-12-19(26)23(20(13-18)33-6-2)35-14-17-9-7-15(3)8-10-17/h7-10,12-13,22H,5-6,11,14H2,1-4H3,(H,27,28,30).